The molecule has 0 saturated carbocycles. The molecule has 1 aromatic heterocycles. The Bertz CT molecular complexity index is 1080. The van der Waals surface area contributed by atoms with Crippen molar-refractivity contribution in [3.63, 3.8) is 0 Å². The number of ether oxygens (including phenoxy) is 1. The minimum Gasteiger partial charge on any atom is -0.490 e. The van der Waals surface area contributed by atoms with Crippen molar-refractivity contribution in [3.8, 4) is 16.9 Å². The first kappa shape index (κ1) is 18.0. The van der Waals surface area contributed by atoms with Gasteiger partial charge in [-0.15, -0.1) is 0 Å². The highest BCUT2D eigenvalue weighted by Crippen LogP contribution is 2.32. The lowest BCUT2D eigenvalue weighted by molar-refractivity contribution is 0.0949. The summed E-state index contributed by atoms with van der Waals surface area (Å²) in [4.78, 5) is 24.3. The van der Waals surface area contributed by atoms with E-state index in [1.165, 1.54) is 10.1 Å². The number of aryl methyl sites for hydroxylation is 1. The van der Waals surface area contributed by atoms with Gasteiger partial charge in [0.05, 0.1) is 0 Å². The minimum atomic E-state index is -0.363. The number of carbonyl (C=O) groups excluding carboxylic acids is 1. The molecule has 1 atom stereocenters. The van der Waals surface area contributed by atoms with E-state index >= 15 is 0 Å². The van der Waals surface area contributed by atoms with E-state index in [4.69, 9.17) is 4.74 Å². The number of pyridine rings is 1. The van der Waals surface area contributed by atoms with Crippen LogP contribution in [0.15, 0.2) is 65.6 Å². The first-order chi connectivity index (χ1) is 13.5. The molecule has 4 rings (SSSR count). The van der Waals surface area contributed by atoms with Crippen LogP contribution in [0.25, 0.3) is 11.1 Å². The standard InChI is InChI=1S/C23H22N2O3/c1-15-12-19-13-18(9-10-21(19)28-15)17-7-5-16(6-8-17)14-24-22(26)20-4-3-11-25(2)23(20)27/h3-11,13,15H,12,14H2,1-2H3,(H,24,26). The molecule has 1 N–H and O–H groups in total. The maximum absolute atomic E-state index is 12.3. The lowest BCUT2D eigenvalue weighted by Gasteiger charge is -2.08. The molecule has 0 aliphatic carbocycles. The summed E-state index contributed by atoms with van der Waals surface area (Å²) in [6, 6.07) is 17.6. The van der Waals surface area contributed by atoms with E-state index < -0.39 is 0 Å². The molecule has 28 heavy (non-hydrogen) atoms. The van der Waals surface area contributed by atoms with Crippen LogP contribution in [0.2, 0.25) is 0 Å². The third-order valence-electron chi connectivity index (χ3n) is 5.00. The van der Waals surface area contributed by atoms with Gasteiger partial charge in [-0.25, -0.2) is 0 Å². The minimum absolute atomic E-state index is 0.149. The van der Waals surface area contributed by atoms with Crippen molar-refractivity contribution in [1.82, 2.24) is 9.88 Å². The summed E-state index contributed by atoms with van der Waals surface area (Å²) >= 11 is 0. The van der Waals surface area contributed by atoms with Crippen LogP contribution in [-0.2, 0) is 20.0 Å². The second-order valence-corrected chi connectivity index (χ2v) is 7.17. The molecule has 2 heterocycles. The Morgan fingerprint density at radius 1 is 1.14 bits per heavy atom. The Morgan fingerprint density at radius 3 is 2.68 bits per heavy atom. The van der Waals surface area contributed by atoms with E-state index in [9.17, 15) is 9.59 Å². The first-order valence-corrected chi connectivity index (χ1v) is 9.34. The number of amides is 1. The number of fused-ring (bicyclic) bond motifs is 1. The SMILES string of the molecule is CC1Cc2cc(-c3ccc(CNC(=O)c4cccn(C)c4=O)cc3)ccc2O1. The number of carbonyl (C=O) groups is 1. The second-order valence-electron chi connectivity index (χ2n) is 7.17. The van der Waals surface area contributed by atoms with E-state index in [1.807, 2.05) is 30.3 Å². The highest BCUT2D eigenvalue weighted by Gasteiger charge is 2.19. The highest BCUT2D eigenvalue weighted by molar-refractivity contribution is 5.93. The molecule has 0 saturated heterocycles. The first-order valence-electron chi connectivity index (χ1n) is 9.34. The zero-order chi connectivity index (χ0) is 19.7. The van der Waals surface area contributed by atoms with Gasteiger partial charge in [0, 0.05) is 26.2 Å². The summed E-state index contributed by atoms with van der Waals surface area (Å²) in [7, 11) is 1.63. The van der Waals surface area contributed by atoms with Crippen molar-refractivity contribution in [3.05, 3.63) is 87.8 Å². The fourth-order valence-electron chi connectivity index (χ4n) is 3.46. The fourth-order valence-corrected chi connectivity index (χ4v) is 3.46. The molecule has 5 nitrogen and oxygen atoms in total. The molecule has 0 fully saturated rings. The van der Waals surface area contributed by atoms with Gasteiger partial charge in [-0.1, -0.05) is 30.3 Å². The van der Waals surface area contributed by atoms with Crippen molar-refractivity contribution in [2.24, 2.45) is 7.05 Å². The van der Waals surface area contributed by atoms with Crippen LogP contribution in [-0.4, -0.2) is 16.6 Å². The maximum Gasteiger partial charge on any atom is 0.263 e. The number of hydrogen-bond acceptors (Lipinski definition) is 3. The number of nitrogens with zero attached hydrogens (tertiary/aromatic N) is 1. The lowest BCUT2D eigenvalue weighted by atomic mass is 10.00. The molecule has 0 spiro atoms. The van der Waals surface area contributed by atoms with Crippen LogP contribution in [0.1, 0.15) is 28.4 Å². The van der Waals surface area contributed by atoms with Gasteiger partial charge in [-0.05, 0) is 53.4 Å². The molecule has 0 bridgehead atoms. The van der Waals surface area contributed by atoms with E-state index in [-0.39, 0.29) is 23.1 Å². The second kappa shape index (κ2) is 7.35. The largest absolute Gasteiger partial charge is 0.490 e. The molecule has 142 valence electrons. The number of benzene rings is 2. The molecule has 1 unspecified atom stereocenters. The van der Waals surface area contributed by atoms with E-state index in [1.54, 1.807) is 25.4 Å². The normalized spacial score (nSPS) is 15.0. The van der Waals surface area contributed by atoms with Crippen LogP contribution in [0.5, 0.6) is 5.75 Å². The quantitative estimate of drug-likeness (QED) is 0.762. The van der Waals surface area contributed by atoms with Gasteiger partial charge in [0.2, 0.25) is 0 Å². The molecule has 1 aliphatic rings. The molecule has 5 heteroatoms. The molecule has 0 radical (unpaired) electrons. The Hall–Kier alpha value is -3.34. The summed E-state index contributed by atoms with van der Waals surface area (Å²) < 4.78 is 7.15. The molecular weight excluding hydrogens is 352 g/mol. The average molecular weight is 374 g/mol. The van der Waals surface area contributed by atoms with E-state index in [2.05, 4.69) is 24.4 Å². The summed E-state index contributed by atoms with van der Waals surface area (Å²) in [5.74, 6) is 0.612. The summed E-state index contributed by atoms with van der Waals surface area (Å²) in [6.45, 7) is 2.45. The highest BCUT2D eigenvalue weighted by atomic mass is 16.5. The van der Waals surface area contributed by atoms with Gasteiger partial charge >= 0.3 is 0 Å². The van der Waals surface area contributed by atoms with Crippen molar-refractivity contribution in [1.29, 1.82) is 0 Å². The molecule has 1 aliphatic heterocycles. The average Bonchev–Trinajstić information content (AvgIpc) is 3.08. The predicted octanol–water partition coefficient (Wildman–Crippen LogP) is 3.31. The van der Waals surface area contributed by atoms with Gasteiger partial charge in [-0.2, -0.15) is 0 Å². The molecular formula is C23H22N2O3. The molecule has 2 aromatic carbocycles. The summed E-state index contributed by atoms with van der Waals surface area (Å²) in [5.41, 5.74) is 4.34. The van der Waals surface area contributed by atoms with Crippen molar-refractivity contribution in [2.75, 3.05) is 0 Å². The summed E-state index contributed by atoms with van der Waals surface area (Å²) in [5, 5.41) is 2.81. The zero-order valence-corrected chi connectivity index (χ0v) is 15.9. The Labute approximate surface area is 163 Å². The van der Waals surface area contributed by atoms with E-state index in [0.717, 1.165) is 28.9 Å². The third-order valence-corrected chi connectivity index (χ3v) is 5.00. The van der Waals surface area contributed by atoms with Crippen molar-refractivity contribution < 1.29 is 9.53 Å². The third kappa shape index (κ3) is 3.56. The van der Waals surface area contributed by atoms with Crippen molar-refractivity contribution in [2.45, 2.75) is 26.0 Å². The van der Waals surface area contributed by atoms with Gasteiger partial charge in [0.15, 0.2) is 0 Å². The van der Waals surface area contributed by atoms with Crippen LogP contribution in [0, 0.1) is 0 Å². The smallest absolute Gasteiger partial charge is 0.263 e. The monoisotopic (exact) mass is 374 g/mol. The van der Waals surface area contributed by atoms with Gasteiger partial charge < -0.3 is 14.6 Å². The van der Waals surface area contributed by atoms with Gasteiger partial charge in [-0.3, -0.25) is 9.59 Å². The number of nitrogens with one attached hydrogen (secondary N) is 1. The topological polar surface area (TPSA) is 60.3 Å². The predicted molar refractivity (Wildman–Crippen MR) is 109 cm³/mol. The van der Waals surface area contributed by atoms with Crippen LogP contribution in [0.3, 0.4) is 0 Å². The van der Waals surface area contributed by atoms with Crippen LogP contribution < -0.4 is 15.6 Å². The number of aromatic nitrogens is 1. The summed E-state index contributed by atoms with van der Waals surface area (Å²) in [6.07, 6.45) is 2.80. The van der Waals surface area contributed by atoms with Crippen molar-refractivity contribution >= 4 is 5.91 Å². The maximum atomic E-state index is 12.3. The van der Waals surface area contributed by atoms with Crippen LogP contribution in [0.4, 0.5) is 0 Å². The number of rotatable bonds is 4. The fraction of sp³-hybridized carbons (Fsp3) is 0.217. The molecule has 1 amide bonds. The van der Waals surface area contributed by atoms with Crippen LogP contribution >= 0.6 is 0 Å². The zero-order valence-electron chi connectivity index (χ0n) is 15.9. The van der Waals surface area contributed by atoms with Gasteiger partial charge in [0.1, 0.15) is 17.4 Å². The number of hydrogen-bond donors (Lipinski definition) is 1. The molecule has 3 aromatic rings. The van der Waals surface area contributed by atoms with Gasteiger partial charge in [0.25, 0.3) is 11.5 Å². The Kier molecular flexibility index (Phi) is 4.74. The Balaban J connectivity index is 1.44. The van der Waals surface area contributed by atoms with E-state index in [0.29, 0.717) is 6.54 Å². The Morgan fingerprint density at radius 2 is 1.89 bits per heavy atom. The lowest BCUT2D eigenvalue weighted by Crippen LogP contribution is -2.31.